The average molecular weight is 618 g/mol. The molecule has 1 fully saturated rings. The van der Waals surface area contributed by atoms with Gasteiger partial charge in [-0.25, -0.2) is 13.0 Å². The van der Waals surface area contributed by atoms with Crippen LogP contribution in [-0.4, -0.2) is 59.8 Å². The second kappa shape index (κ2) is 11.5. The number of nitro groups is 1. The van der Waals surface area contributed by atoms with E-state index in [4.69, 9.17) is 4.74 Å². The Morgan fingerprint density at radius 1 is 1.02 bits per heavy atom. The smallest absolute Gasteiger partial charge is 0.416 e. The number of hydrogen-bond acceptors (Lipinski definition) is 9. The van der Waals surface area contributed by atoms with Gasteiger partial charge in [-0.1, -0.05) is 24.3 Å². The van der Waals surface area contributed by atoms with Crippen LogP contribution in [0.3, 0.4) is 0 Å². The van der Waals surface area contributed by atoms with Crippen LogP contribution in [-0.2, 0) is 20.9 Å². The van der Waals surface area contributed by atoms with Gasteiger partial charge in [0.25, 0.3) is 11.2 Å². The van der Waals surface area contributed by atoms with Crippen molar-refractivity contribution >= 4 is 38.4 Å². The Morgan fingerprint density at radius 3 is 2.40 bits per heavy atom. The first-order chi connectivity index (χ1) is 20.4. The summed E-state index contributed by atoms with van der Waals surface area (Å²) in [4.78, 5) is 23.9. The topological polar surface area (TPSA) is 156 Å². The molecule has 0 amide bonds. The third-order valence-corrected chi connectivity index (χ3v) is 8.58. The van der Waals surface area contributed by atoms with Crippen LogP contribution in [0.5, 0.6) is 5.88 Å². The number of aromatic nitrogens is 1. The van der Waals surface area contributed by atoms with Crippen molar-refractivity contribution in [2.24, 2.45) is 5.10 Å². The van der Waals surface area contributed by atoms with Gasteiger partial charge in [0, 0.05) is 29.9 Å². The predicted octanol–water partition coefficient (Wildman–Crippen LogP) is 4.09. The van der Waals surface area contributed by atoms with E-state index in [9.17, 15) is 41.6 Å². The summed E-state index contributed by atoms with van der Waals surface area (Å²) < 4.78 is 73.0. The van der Waals surface area contributed by atoms with Crippen molar-refractivity contribution in [3.8, 4) is 11.6 Å². The Kier molecular flexibility index (Phi) is 7.92. The SMILES string of the molecule is O=c1c2ccccc2c(/C=N/Nc2ccc(S(=O)(=O)N3CCOCC3)cc2[N+](=O)[O-])c(O)n1-c1cccc(C(F)(F)F)c1. The lowest BCUT2D eigenvalue weighted by molar-refractivity contribution is -0.384. The number of nitro benzene ring substituents is 1. The maximum atomic E-state index is 13.4. The molecule has 4 aromatic rings. The minimum absolute atomic E-state index is 0.0582. The molecule has 1 aliphatic rings. The largest absolute Gasteiger partial charge is 0.494 e. The number of hydrazone groups is 1. The zero-order valence-electron chi connectivity index (χ0n) is 22.0. The van der Waals surface area contributed by atoms with Crippen LogP contribution >= 0.6 is 0 Å². The molecule has 1 aromatic heterocycles. The third-order valence-electron chi connectivity index (χ3n) is 6.69. The molecule has 1 aliphatic heterocycles. The molecule has 0 unspecified atom stereocenters. The number of sulfonamides is 1. The number of pyridine rings is 1. The molecule has 224 valence electrons. The zero-order valence-corrected chi connectivity index (χ0v) is 22.8. The lowest BCUT2D eigenvalue weighted by atomic mass is 10.1. The van der Waals surface area contributed by atoms with Crippen molar-refractivity contribution in [1.29, 1.82) is 0 Å². The van der Waals surface area contributed by atoms with Gasteiger partial charge in [0.2, 0.25) is 15.9 Å². The number of halogens is 3. The van der Waals surface area contributed by atoms with E-state index < -0.39 is 43.8 Å². The van der Waals surface area contributed by atoms with Crippen molar-refractivity contribution < 1.29 is 36.4 Å². The Labute approximate surface area is 241 Å². The third kappa shape index (κ3) is 5.79. The molecule has 43 heavy (non-hydrogen) atoms. The molecule has 0 spiro atoms. The van der Waals surface area contributed by atoms with Crippen LogP contribution in [0.1, 0.15) is 11.1 Å². The monoisotopic (exact) mass is 617 g/mol. The number of ether oxygens (including phenoxy) is 1. The summed E-state index contributed by atoms with van der Waals surface area (Å²) in [6, 6.07) is 13.1. The van der Waals surface area contributed by atoms with Gasteiger partial charge < -0.3 is 9.84 Å². The number of morpholine rings is 1. The highest BCUT2D eigenvalue weighted by atomic mass is 32.2. The number of anilines is 1. The van der Waals surface area contributed by atoms with Gasteiger partial charge in [-0.05, 0) is 36.4 Å². The molecule has 1 saturated heterocycles. The lowest BCUT2D eigenvalue weighted by Crippen LogP contribution is -2.40. The van der Waals surface area contributed by atoms with Crippen LogP contribution < -0.4 is 11.0 Å². The highest BCUT2D eigenvalue weighted by Crippen LogP contribution is 2.33. The minimum atomic E-state index is -4.70. The highest BCUT2D eigenvalue weighted by molar-refractivity contribution is 7.89. The standard InChI is InChI=1S/C27H22F3N5O7S/c28-27(29,30)17-4-3-5-18(14-17)34-25(36)21-7-2-1-6-20(21)22(26(34)37)16-31-32-23-9-8-19(15-24(23)35(38)39)43(40,41)33-10-12-42-13-11-33/h1-9,14-16,32,37H,10-13H2/b31-16+. The molecule has 0 atom stereocenters. The summed E-state index contributed by atoms with van der Waals surface area (Å²) in [5.74, 6) is -0.727. The number of nitrogens with one attached hydrogen (secondary N) is 1. The number of alkyl halides is 3. The van der Waals surface area contributed by atoms with E-state index in [2.05, 4.69) is 10.5 Å². The molecule has 0 saturated carbocycles. The number of aromatic hydroxyl groups is 1. The Morgan fingerprint density at radius 2 is 1.72 bits per heavy atom. The first-order valence-corrected chi connectivity index (χ1v) is 14.0. The molecular formula is C27H22F3N5O7S. The second-order valence-corrected chi connectivity index (χ2v) is 11.2. The fourth-order valence-corrected chi connectivity index (χ4v) is 6.00. The predicted molar refractivity (Wildman–Crippen MR) is 150 cm³/mol. The molecule has 2 heterocycles. The van der Waals surface area contributed by atoms with Crippen molar-refractivity contribution in [3.63, 3.8) is 0 Å². The summed E-state index contributed by atoms with van der Waals surface area (Å²) in [5, 5.41) is 27.1. The number of nitrogens with zero attached hydrogens (tertiary/aromatic N) is 4. The van der Waals surface area contributed by atoms with E-state index in [1.807, 2.05) is 0 Å². The van der Waals surface area contributed by atoms with Gasteiger partial charge in [-0.2, -0.15) is 22.6 Å². The first-order valence-electron chi connectivity index (χ1n) is 12.6. The number of hydrogen-bond donors (Lipinski definition) is 2. The minimum Gasteiger partial charge on any atom is -0.494 e. The van der Waals surface area contributed by atoms with Gasteiger partial charge in [0.05, 0.1) is 46.1 Å². The van der Waals surface area contributed by atoms with E-state index in [1.165, 1.54) is 30.3 Å². The molecule has 5 rings (SSSR count). The number of benzene rings is 3. The normalized spacial score (nSPS) is 14.8. The van der Waals surface area contributed by atoms with E-state index in [0.29, 0.717) is 10.6 Å². The first kappa shape index (κ1) is 29.7. The Bertz CT molecular complexity index is 1920. The molecule has 3 aromatic carbocycles. The highest BCUT2D eigenvalue weighted by Gasteiger charge is 2.31. The van der Waals surface area contributed by atoms with Crippen molar-refractivity contribution in [3.05, 3.63) is 98.3 Å². The lowest BCUT2D eigenvalue weighted by Gasteiger charge is -2.26. The van der Waals surface area contributed by atoms with Crippen LogP contribution in [0.15, 0.2) is 81.5 Å². The summed E-state index contributed by atoms with van der Waals surface area (Å²) in [6.07, 6.45) is -3.66. The van der Waals surface area contributed by atoms with Crippen LogP contribution in [0.2, 0.25) is 0 Å². The maximum Gasteiger partial charge on any atom is 0.416 e. The Balaban J connectivity index is 1.54. The van der Waals surface area contributed by atoms with E-state index in [0.717, 1.165) is 34.8 Å². The zero-order chi connectivity index (χ0) is 30.9. The van der Waals surface area contributed by atoms with Gasteiger partial charge in [0.15, 0.2) is 0 Å². The van der Waals surface area contributed by atoms with Crippen molar-refractivity contribution in [2.45, 2.75) is 11.1 Å². The number of rotatable bonds is 7. The van der Waals surface area contributed by atoms with Gasteiger partial charge in [-0.3, -0.25) is 20.3 Å². The second-order valence-electron chi connectivity index (χ2n) is 9.29. The van der Waals surface area contributed by atoms with Crippen molar-refractivity contribution in [1.82, 2.24) is 8.87 Å². The van der Waals surface area contributed by atoms with Crippen LogP contribution in [0.4, 0.5) is 24.5 Å². The van der Waals surface area contributed by atoms with Gasteiger partial charge in [0.1, 0.15) is 5.69 Å². The molecule has 0 bridgehead atoms. The summed E-state index contributed by atoms with van der Waals surface area (Å²) in [7, 11) is -4.03. The van der Waals surface area contributed by atoms with Gasteiger partial charge >= 0.3 is 6.18 Å². The van der Waals surface area contributed by atoms with E-state index in [1.54, 1.807) is 6.07 Å². The summed E-state index contributed by atoms with van der Waals surface area (Å²) >= 11 is 0. The van der Waals surface area contributed by atoms with Crippen LogP contribution in [0, 0.1) is 10.1 Å². The fraction of sp³-hybridized carbons (Fsp3) is 0.185. The molecule has 0 aliphatic carbocycles. The number of fused-ring (bicyclic) bond motifs is 1. The molecule has 0 radical (unpaired) electrons. The summed E-state index contributed by atoms with van der Waals surface area (Å²) in [6.45, 7) is 0.581. The molecule has 16 heteroatoms. The Hall–Kier alpha value is -4.80. The van der Waals surface area contributed by atoms with Crippen molar-refractivity contribution in [2.75, 3.05) is 31.7 Å². The fourth-order valence-electron chi connectivity index (χ4n) is 4.57. The quantitative estimate of drug-likeness (QED) is 0.178. The average Bonchev–Trinajstić information content (AvgIpc) is 2.99. The van der Waals surface area contributed by atoms with E-state index >= 15 is 0 Å². The van der Waals surface area contributed by atoms with E-state index in [-0.39, 0.29) is 58.9 Å². The van der Waals surface area contributed by atoms with Crippen LogP contribution in [0.25, 0.3) is 16.5 Å². The molecule has 12 nitrogen and oxygen atoms in total. The van der Waals surface area contributed by atoms with Gasteiger partial charge in [-0.15, -0.1) is 0 Å². The molecular weight excluding hydrogens is 595 g/mol. The summed E-state index contributed by atoms with van der Waals surface area (Å²) in [5.41, 5.74) is -0.485. The maximum absolute atomic E-state index is 13.4. The molecule has 2 N–H and O–H groups in total.